The lowest BCUT2D eigenvalue weighted by Gasteiger charge is -2.09. The van der Waals surface area contributed by atoms with Crippen LogP contribution in [0.3, 0.4) is 0 Å². The van der Waals surface area contributed by atoms with E-state index in [1.165, 1.54) is 0 Å². The first kappa shape index (κ1) is 15.5. The highest BCUT2D eigenvalue weighted by Crippen LogP contribution is 2.28. The van der Waals surface area contributed by atoms with Gasteiger partial charge in [0.2, 0.25) is 0 Å². The Balaban J connectivity index is 2.12. The molecule has 0 fully saturated rings. The van der Waals surface area contributed by atoms with Crippen LogP contribution in [0, 0.1) is 11.3 Å². The molecule has 0 radical (unpaired) electrons. The summed E-state index contributed by atoms with van der Waals surface area (Å²) in [5, 5.41) is 12.4. The smallest absolute Gasteiger partial charge is 0.160 e. The number of hydrogen-bond donors (Lipinski definition) is 1. The summed E-state index contributed by atoms with van der Waals surface area (Å²) in [6.45, 7) is 0. The molecule has 0 spiro atoms. The van der Waals surface area contributed by atoms with Crippen molar-refractivity contribution in [3.63, 3.8) is 0 Å². The molecule has 0 aromatic heterocycles. The fraction of sp³-hybridized carbons (Fsp3) is 0.167. The number of allylic oxidation sites excluding steroid dienone is 1. The third kappa shape index (κ3) is 4.03. The van der Waals surface area contributed by atoms with Crippen molar-refractivity contribution >= 4 is 5.69 Å². The van der Waals surface area contributed by atoms with Gasteiger partial charge in [0.15, 0.2) is 11.5 Å². The Kier molecular flexibility index (Phi) is 5.44. The minimum absolute atomic E-state index is 0.524. The van der Waals surface area contributed by atoms with Crippen molar-refractivity contribution in [2.24, 2.45) is 0 Å². The Bertz CT molecular complexity index is 688. The van der Waals surface area contributed by atoms with E-state index in [2.05, 4.69) is 11.4 Å². The molecular formula is C18H18N2O2. The van der Waals surface area contributed by atoms with Gasteiger partial charge in [0.25, 0.3) is 0 Å². The lowest BCUT2D eigenvalue weighted by Crippen LogP contribution is -1.96. The number of nitrogens with one attached hydrogen (secondary N) is 1. The van der Waals surface area contributed by atoms with Gasteiger partial charge in [-0.05, 0) is 29.8 Å². The van der Waals surface area contributed by atoms with Gasteiger partial charge in [0.05, 0.1) is 20.3 Å². The van der Waals surface area contributed by atoms with E-state index in [9.17, 15) is 5.26 Å². The van der Waals surface area contributed by atoms with E-state index in [-0.39, 0.29) is 0 Å². The molecular weight excluding hydrogens is 276 g/mol. The summed E-state index contributed by atoms with van der Waals surface area (Å²) in [6, 6.07) is 17.6. The number of methoxy groups -OCH3 is 2. The van der Waals surface area contributed by atoms with Crippen molar-refractivity contribution < 1.29 is 9.47 Å². The largest absolute Gasteiger partial charge is 0.493 e. The SMILES string of the molecule is COc1ccc(C/C(C#N)=C\Nc2ccccc2)cc1OC. The second-order valence-electron chi connectivity index (χ2n) is 4.66. The Morgan fingerprint density at radius 1 is 1.09 bits per heavy atom. The van der Waals surface area contributed by atoms with Crippen LogP contribution in [0.4, 0.5) is 5.69 Å². The standard InChI is InChI=1S/C18H18N2O2/c1-21-17-9-8-14(11-18(17)22-2)10-15(12-19)13-20-16-6-4-3-5-7-16/h3-9,11,13,20H,10H2,1-2H3/b15-13+. The Hall–Kier alpha value is -2.93. The van der Waals surface area contributed by atoms with Gasteiger partial charge in [0, 0.05) is 23.9 Å². The zero-order chi connectivity index (χ0) is 15.8. The highest BCUT2D eigenvalue weighted by molar-refractivity contribution is 5.48. The van der Waals surface area contributed by atoms with E-state index in [1.807, 2.05) is 48.5 Å². The molecule has 0 amide bonds. The Morgan fingerprint density at radius 2 is 1.82 bits per heavy atom. The molecule has 0 bridgehead atoms. The molecule has 2 aromatic carbocycles. The van der Waals surface area contributed by atoms with Gasteiger partial charge in [-0.1, -0.05) is 24.3 Å². The second-order valence-corrected chi connectivity index (χ2v) is 4.66. The maximum atomic E-state index is 9.28. The van der Waals surface area contributed by atoms with Crippen molar-refractivity contribution in [1.82, 2.24) is 0 Å². The Labute approximate surface area is 130 Å². The van der Waals surface area contributed by atoms with Gasteiger partial charge in [-0.3, -0.25) is 0 Å². The highest BCUT2D eigenvalue weighted by Gasteiger charge is 2.06. The average molecular weight is 294 g/mol. The zero-order valence-corrected chi connectivity index (χ0v) is 12.7. The quantitative estimate of drug-likeness (QED) is 0.824. The zero-order valence-electron chi connectivity index (χ0n) is 12.7. The van der Waals surface area contributed by atoms with Crippen molar-refractivity contribution in [3.05, 3.63) is 65.9 Å². The highest BCUT2D eigenvalue weighted by atomic mass is 16.5. The molecule has 0 atom stereocenters. The van der Waals surface area contributed by atoms with E-state index < -0.39 is 0 Å². The topological polar surface area (TPSA) is 54.3 Å². The molecule has 0 saturated carbocycles. The maximum Gasteiger partial charge on any atom is 0.160 e. The van der Waals surface area contributed by atoms with Crippen molar-refractivity contribution in [1.29, 1.82) is 5.26 Å². The van der Waals surface area contributed by atoms with Gasteiger partial charge in [-0.15, -0.1) is 0 Å². The summed E-state index contributed by atoms with van der Waals surface area (Å²) in [6.07, 6.45) is 2.25. The molecule has 1 N–H and O–H groups in total. The maximum absolute atomic E-state index is 9.28. The normalized spacial score (nSPS) is 10.7. The first-order valence-corrected chi connectivity index (χ1v) is 6.88. The molecule has 0 heterocycles. The van der Waals surface area contributed by atoms with Crippen LogP contribution in [-0.4, -0.2) is 14.2 Å². The molecule has 4 heteroatoms. The molecule has 2 rings (SSSR count). The number of para-hydroxylation sites is 1. The molecule has 0 aliphatic heterocycles. The fourth-order valence-electron chi connectivity index (χ4n) is 2.04. The summed E-state index contributed by atoms with van der Waals surface area (Å²) in [5.74, 6) is 1.34. The summed E-state index contributed by atoms with van der Waals surface area (Å²) in [4.78, 5) is 0. The second kappa shape index (κ2) is 7.75. The lowest BCUT2D eigenvalue weighted by molar-refractivity contribution is 0.354. The summed E-state index contributed by atoms with van der Waals surface area (Å²) in [5.41, 5.74) is 2.57. The van der Waals surface area contributed by atoms with Crippen LogP contribution in [0.1, 0.15) is 5.56 Å². The summed E-state index contributed by atoms with van der Waals surface area (Å²) >= 11 is 0. The number of hydrogen-bond acceptors (Lipinski definition) is 4. The number of nitriles is 1. The number of benzene rings is 2. The summed E-state index contributed by atoms with van der Waals surface area (Å²) in [7, 11) is 3.20. The Morgan fingerprint density at radius 3 is 2.45 bits per heavy atom. The predicted octanol–water partition coefficient (Wildman–Crippen LogP) is 3.77. The van der Waals surface area contributed by atoms with E-state index >= 15 is 0 Å². The van der Waals surface area contributed by atoms with E-state index in [0.29, 0.717) is 23.5 Å². The number of nitrogens with zero attached hydrogens (tertiary/aromatic N) is 1. The molecule has 112 valence electrons. The van der Waals surface area contributed by atoms with Crippen LogP contribution in [0.5, 0.6) is 11.5 Å². The molecule has 2 aromatic rings. The third-order valence-electron chi connectivity index (χ3n) is 3.17. The van der Waals surface area contributed by atoms with Gasteiger partial charge in [0.1, 0.15) is 0 Å². The first-order valence-electron chi connectivity index (χ1n) is 6.88. The van der Waals surface area contributed by atoms with Gasteiger partial charge >= 0.3 is 0 Å². The number of rotatable bonds is 6. The van der Waals surface area contributed by atoms with Gasteiger partial charge in [-0.25, -0.2) is 0 Å². The average Bonchev–Trinajstić information content (AvgIpc) is 2.59. The van der Waals surface area contributed by atoms with E-state index in [4.69, 9.17) is 9.47 Å². The van der Waals surface area contributed by atoms with Crippen LogP contribution in [0.2, 0.25) is 0 Å². The molecule has 4 nitrogen and oxygen atoms in total. The van der Waals surface area contributed by atoms with Crippen LogP contribution >= 0.6 is 0 Å². The number of anilines is 1. The summed E-state index contributed by atoms with van der Waals surface area (Å²) < 4.78 is 10.5. The minimum Gasteiger partial charge on any atom is -0.493 e. The molecule has 0 unspecified atom stereocenters. The van der Waals surface area contributed by atoms with E-state index in [0.717, 1.165) is 11.3 Å². The first-order chi connectivity index (χ1) is 10.8. The van der Waals surface area contributed by atoms with Crippen LogP contribution in [0.15, 0.2) is 60.3 Å². The van der Waals surface area contributed by atoms with Crippen molar-refractivity contribution in [2.45, 2.75) is 6.42 Å². The minimum atomic E-state index is 0.524. The molecule has 22 heavy (non-hydrogen) atoms. The third-order valence-corrected chi connectivity index (χ3v) is 3.17. The molecule has 0 aliphatic rings. The van der Waals surface area contributed by atoms with Crippen LogP contribution < -0.4 is 14.8 Å². The van der Waals surface area contributed by atoms with Crippen molar-refractivity contribution in [2.75, 3.05) is 19.5 Å². The van der Waals surface area contributed by atoms with Gasteiger partial charge in [-0.2, -0.15) is 5.26 Å². The predicted molar refractivity (Wildman–Crippen MR) is 87.0 cm³/mol. The van der Waals surface area contributed by atoms with Crippen LogP contribution in [-0.2, 0) is 6.42 Å². The molecule has 0 saturated heterocycles. The van der Waals surface area contributed by atoms with E-state index in [1.54, 1.807) is 20.4 Å². The monoisotopic (exact) mass is 294 g/mol. The lowest BCUT2D eigenvalue weighted by atomic mass is 10.1. The fourth-order valence-corrected chi connectivity index (χ4v) is 2.04. The number of ether oxygens (including phenoxy) is 2. The van der Waals surface area contributed by atoms with Crippen LogP contribution in [0.25, 0.3) is 0 Å². The van der Waals surface area contributed by atoms with Crippen molar-refractivity contribution in [3.8, 4) is 17.6 Å². The van der Waals surface area contributed by atoms with Gasteiger partial charge < -0.3 is 14.8 Å². The molecule has 0 aliphatic carbocycles.